The summed E-state index contributed by atoms with van der Waals surface area (Å²) in [6.07, 6.45) is 1.66. The third kappa shape index (κ3) is 7.33. The van der Waals surface area contributed by atoms with Gasteiger partial charge in [-0.2, -0.15) is 0 Å². The summed E-state index contributed by atoms with van der Waals surface area (Å²) in [7, 11) is 1.77. The van der Waals surface area contributed by atoms with Crippen molar-refractivity contribution in [3.63, 3.8) is 0 Å². The highest BCUT2D eigenvalue weighted by Gasteiger charge is 2.37. The van der Waals surface area contributed by atoms with E-state index in [4.69, 9.17) is 4.74 Å². The zero-order chi connectivity index (χ0) is 19.0. The van der Waals surface area contributed by atoms with Crippen LogP contribution in [0.2, 0.25) is 0 Å². The molecule has 0 spiro atoms. The predicted molar refractivity (Wildman–Crippen MR) is 106 cm³/mol. The molecule has 6 heteroatoms. The maximum absolute atomic E-state index is 11.6. The summed E-state index contributed by atoms with van der Waals surface area (Å²) in [5.74, 6) is 2.14. The molecule has 0 aromatic heterocycles. The fourth-order valence-corrected chi connectivity index (χ4v) is 2.83. The van der Waals surface area contributed by atoms with Gasteiger partial charge in [0.05, 0.1) is 0 Å². The molecule has 3 N–H and O–H groups in total. The number of ether oxygens (including phenoxy) is 1. The summed E-state index contributed by atoms with van der Waals surface area (Å²) < 4.78 is 5.20. The van der Waals surface area contributed by atoms with Gasteiger partial charge in [0.15, 0.2) is 5.96 Å². The molecule has 2 rings (SSSR count). The number of nitrogens with one attached hydrogen (secondary N) is 3. The molecule has 144 valence electrons. The van der Waals surface area contributed by atoms with E-state index >= 15 is 0 Å². The number of carbonyl (C=O) groups is 1. The van der Waals surface area contributed by atoms with Crippen LogP contribution in [0.3, 0.4) is 0 Å². The lowest BCUT2D eigenvalue weighted by molar-refractivity contribution is 0.0527. The van der Waals surface area contributed by atoms with Crippen molar-refractivity contribution in [1.82, 2.24) is 16.0 Å². The first kappa shape index (κ1) is 20.1. The molecule has 1 aromatic rings. The van der Waals surface area contributed by atoms with Crippen LogP contribution in [-0.4, -0.2) is 44.3 Å². The quantitative estimate of drug-likeness (QED) is 0.397. The summed E-state index contributed by atoms with van der Waals surface area (Å²) >= 11 is 0. The summed E-state index contributed by atoms with van der Waals surface area (Å²) in [6.45, 7) is 7.79. The van der Waals surface area contributed by atoms with E-state index in [0.717, 1.165) is 25.5 Å². The zero-order valence-corrected chi connectivity index (χ0v) is 16.3. The van der Waals surface area contributed by atoms with Crippen LogP contribution in [0.25, 0.3) is 0 Å². The molecule has 1 saturated carbocycles. The van der Waals surface area contributed by atoms with Gasteiger partial charge in [0, 0.05) is 26.7 Å². The number of carbonyl (C=O) groups excluding carboxylic acids is 1. The maximum Gasteiger partial charge on any atom is 0.407 e. The lowest BCUT2D eigenvalue weighted by Gasteiger charge is -2.19. The summed E-state index contributed by atoms with van der Waals surface area (Å²) in [5.41, 5.74) is 0.963. The molecule has 6 nitrogen and oxygen atoms in total. The van der Waals surface area contributed by atoms with Gasteiger partial charge < -0.3 is 20.7 Å². The van der Waals surface area contributed by atoms with Crippen LogP contribution in [0.1, 0.15) is 45.1 Å². The molecular formula is C20H32N4O2. The molecule has 0 saturated heterocycles. The van der Waals surface area contributed by atoms with Crippen molar-refractivity contribution in [2.45, 2.75) is 45.1 Å². The average molecular weight is 361 g/mol. The lowest BCUT2D eigenvalue weighted by Crippen LogP contribution is -2.40. The molecule has 1 aromatic carbocycles. The molecule has 2 unspecified atom stereocenters. The minimum absolute atomic E-state index is 0.374. The molecule has 1 aliphatic carbocycles. The Kier molecular flexibility index (Phi) is 7.30. The molecule has 0 bridgehead atoms. The Labute approximate surface area is 156 Å². The SMILES string of the molecule is CN=C(NCCCNC(=O)OC(C)(C)C)NCC1CC1c1ccccc1. The second-order valence-corrected chi connectivity index (χ2v) is 7.68. The molecule has 1 aliphatic rings. The van der Waals surface area contributed by atoms with Crippen LogP contribution >= 0.6 is 0 Å². The fourth-order valence-electron chi connectivity index (χ4n) is 2.83. The van der Waals surface area contributed by atoms with E-state index in [-0.39, 0.29) is 6.09 Å². The molecule has 26 heavy (non-hydrogen) atoms. The van der Waals surface area contributed by atoms with Gasteiger partial charge in [-0.05, 0) is 51.0 Å². The molecule has 0 heterocycles. The van der Waals surface area contributed by atoms with Gasteiger partial charge >= 0.3 is 6.09 Å². The third-order valence-electron chi connectivity index (χ3n) is 4.22. The monoisotopic (exact) mass is 360 g/mol. The number of hydrogen-bond acceptors (Lipinski definition) is 3. The van der Waals surface area contributed by atoms with E-state index in [1.54, 1.807) is 7.05 Å². The lowest BCUT2D eigenvalue weighted by atomic mass is 10.1. The third-order valence-corrected chi connectivity index (χ3v) is 4.22. The first-order chi connectivity index (χ1) is 12.4. The van der Waals surface area contributed by atoms with Gasteiger partial charge in [-0.15, -0.1) is 0 Å². The number of rotatable bonds is 7. The number of amides is 1. The van der Waals surface area contributed by atoms with Crippen molar-refractivity contribution in [2.24, 2.45) is 10.9 Å². The molecule has 1 amide bonds. The largest absolute Gasteiger partial charge is 0.444 e. The van der Waals surface area contributed by atoms with Crippen LogP contribution < -0.4 is 16.0 Å². The Morgan fingerprint density at radius 1 is 1.15 bits per heavy atom. The first-order valence-corrected chi connectivity index (χ1v) is 9.35. The van der Waals surface area contributed by atoms with E-state index in [1.807, 2.05) is 20.8 Å². The smallest absolute Gasteiger partial charge is 0.407 e. The van der Waals surface area contributed by atoms with Crippen molar-refractivity contribution >= 4 is 12.1 Å². The van der Waals surface area contributed by atoms with Crippen LogP contribution in [0, 0.1) is 5.92 Å². The Morgan fingerprint density at radius 3 is 2.50 bits per heavy atom. The molecule has 1 fully saturated rings. The fraction of sp³-hybridized carbons (Fsp3) is 0.600. The van der Waals surface area contributed by atoms with Crippen LogP contribution in [0.4, 0.5) is 4.79 Å². The number of alkyl carbamates (subject to hydrolysis) is 1. The minimum atomic E-state index is -0.464. The number of aliphatic imine (C=N–C) groups is 1. The predicted octanol–water partition coefficient (Wildman–Crippen LogP) is 2.87. The number of nitrogens with zero attached hydrogens (tertiary/aromatic N) is 1. The van der Waals surface area contributed by atoms with Crippen LogP contribution in [0.15, 0.2) is 35.3 Å². The van der Waals surface area contributed by atoms with Crippen LogP contribution in [-0.2, 0) is 4.74 Å². The van der Waals surface area contributed by atoms with Crippen molar-refractivity contribution in [3.8, 4) is 0 Å². The second-order valence-electron chi connectivity index (χ2n) is 7.68. The molecule has 0 radical (unpaired) electrons. The molecule has 2 atom stereocenters. The highest BCUT2D eigenvalue weighted by atomic mass is 16.6. The Balaban J connectivity index is 1.56. The van der Waals surface area contributed by atoms with E-state index in [1.165, 1.54) is 12.0 Å². The maximum atomic E-state index is 11.6. The molecular weight excluding hydrogens is 328 g/mol. The van der Waals surface area contributed by atoms with Gasteiger partial charge in [0.25, 0.3) is 0 Å². The van der Waals surface area contributed by atoms with Crippen molar-refractivity contribution in [1.29, 1.82) is 0 Å². The van der Waals surface area contributed by atoms with E-state index in [9.17, 15) is 4.79 Å². The van der Waals surface area contributed by atoms with Gasteiger partial charge in [-0.25, -0.2) is 4.79 Å². The highest BCUT2D eigenvalue weighted by Crippen LogP contribution is 2.46. The van der Waals surface area contributed by atoms with Crippen LogP contribution in [0.5, 0.6) is 0 Å². The molecule has 0 aliphatic heterocycles. The Morgan fingerprint density at radius 2 is 1.85 bits per heavy atom. The number of guanidine groups is 1. The van der Waals surface area contributed by atoms with Gasteiger partial charge in [-0.1, -0.05) is 30.3 Å². The van der Waals surface area contributed by atoms with Crippen molar-refractivity contribution < 1.29 is 9.53 Å². The normalized spacial score (nSPS) is 19.6. The highest BCUT2D eigenvalue weighted by molar-refractivity contribution is 5.79. The van der Waals surface area contributed by atoms with E-state index < -0.39 is 5.60 Å². The second kappa shape index (κ2) is 9.46. The van der Waals surface area contributed by atoms with Gasteiger partial charge in [-0.3, -0.25) is 4.99 Å². The standard InChI is InChI=1S/C20H32N4O2/c1-20(2,3)26-19(25)23-12-8-11-22-18(21-4)24-14-16-13-17(16)15-9-6-5-7-10-15/h5-7,9-10,16-17H,8,11-14H2,1-4H3,(H,23,25)(H2,21,22,24). The topological polar surface area (TPSA) is 74.8 Å². The Bertz CT molecular complexity index is 596. The number of benzene rings is 1. The minimum Gasteiger partial charge on any atom is -0.444 e. The van der Waals surface area contributed by atoms with E-state index in [2.05, 4.69) is 51.3 Å². The Hall–Kier alpha value is -2.24. The summed E-state index contributed by atoms with van der Waals surface area (Å²) in [6, 6.07) is 10.7. The van der Waals surface area contributed by atoms with Gasteiger partial charge in [0.1, 0.15) is 5.60 Å². The summed E-state index contributed by atoms with van der Waals surface area (Å²) in [5, 5.41) is 9.42. The first-order valence-electron chi connectivity index (χ1n) is 9.35. The van der Waals surface area contributed by atoms with Gasteiger partial charge in [0.2, 0.25) is 0 Å². The number of hydrogen-bond donors (Lipinski definition) is 3. The average Bonchev–Trinajstić information content (AvgIpc) is 3.36. The van der Waals surface area contributed by atoms with Crippen molar-refractivity contribution in [3.05, 3.63) is 35.9 Å². The zero-order valence-electron chi connectivity index (χ0n) is 16.3. The van der Waals surface area contributed by atoms with E-state index in [0.29, 0.717) is 18.4 Å². The van der Waals surface area contributed by atoms with Crippen molar-refractivity contribution in [2.75, 3.05) is 26.7 Å². The summed E-state index contributed by atoms with van der Waals surface area (Å²) in [4.78, 5) is 15.8.